The maximum Gasteiger partial charge on any atom is 0.342 e. The van der Waals surface area contributed by atoms with E-state index in [1.807, 2.05) is 6.07 Å². The van der Waals surface area contributed by atoms with Gasteiger partial charge in [-0.05, 0) is 63.5 Å². The van der Waals surface area contributed by atoms with Crippen molar-refractivity contribution >= 4 is 30.9 Å². The average Bonchev–Trinajstić information content (AvgIpc) is 3.92. The molecule has 43 heavy (non-hydrogen) atoms. The fourth-order valence-corrected chi connectivity index (χ4v) is 6.44. The van der Waals surface area contributed by atoms with Gasteiger partial charge in [0.2, 0.25) is 5.60 Å². The molecule has 2 aromatic heterocycles. The summed E-state index contributed by atoms with van der Waals surface area (Å²) in [6.45, 7) is 2.46. The van der Waals surface area contributed by atoms with Crippen molar-refractivity contribution in [2.45, 2.75) is 75.5 Å². The van der Waals surface area contributed by atoms with E-state index < -0.39 is 62.2 Å². The van der Waals surface area contributed by atoms with Crippen LogP contribution in [-0.4, -0.2) is 86.5 Å². The molecule has 2 aromatic rings. The largest absolute Gasteiger partial charge is 0.464 e. The molecule has 3 fully saturated rings. The van der Waals surface area contributed by atoms with Crippen LogP contribution in [0.3, 0.4) is 0 Å². The molecule has 0 amide bonds. The Morgan fingerprint density at radius 1 is 1.16 bits per heavy atom. The van der Waals surface area contributed by atoms with Gasteiger partial charge in [-0.1, -0.05) is 0 Å². The van der Waals surface area contributed by atoms with Crippen LogP contribution in [0.2, 0.25) is 0 Å². The minimum atomic E-state index is -4.35. The summed E-state index contributed by atoms with van der Waals surface area (Å²) >= 11 is 0. The van der Waals surface area contributed by atoms with Crippen LogP contribution in [-0.2, 0) is 32.9 Å². The van der Waals surface area contributed by atoms with Crippen molar-refractivity contribution < 1.29 is 43.1 Å². The topological polar surface area (TPSA) is 233 Å². The molecule has 0 aromatic carbocycles. The monoisotopic (exact) mass is 621 g/mol. The Bertz CT molecular complexity index is 1400. The number of esters is 2. The number of nitriles is 1. The first-order valence-electron chi connectivity index (χ1n) is 14.1. The maximum atomic E-state index is 14.1. The second-order valence-electron chi connectivity index (χ2n) is 11.3. The Labute approximate surface area is 247 Å². The third-order valence-electron chi connectivity index (χ3n) is 7.65. The Morgan fingerprint density at radius 2 is 1.74 bits per heavy atom. The van der Waals surface area contributed by atoms with Crippen molar-refractivity contribution in [1.29, 1.82) is 5.26 Å². The van der Waals surface area contributed by atoms with Gasteiger partial charge < -0.3 is 34.7 Å². The fraction of sp³-hybridized carbons (Fsp3) is 0.654. The molecule has 2 saturated carbocycles. The number of carbonyl (C=O) groups excluding carboxylic acids is 2. The van der Waals surface area contributed by atoms with Crippen LogP contribution >= 0.6 is 7.67 Å². The molecule has 0 unspecified atom stereocenters. The van der Waals surface area contributed by atoms with Crippen LogP contribution in [0.15, 0.2) is 18.5 Å². The summed E-state index contributed by atoms with van der Waals surface area (Å²) in [5, 5.41) is 41.2. The Morgan fingerprint density at radius 3 is 2.28 bits per heavy atom. The van der Waals surface area contributed by atoms with Crippen LogP contribution in [0.25, 0.3) is 5.52 Å². The number of nitrogen functional groups attached to an aromatic ring is 1. The number of nitrogens with two attached hydrogens (primary N) is 1. The van der Waals surface area contributed by atoms with Crippen molar-refractivity contribution in [2.24, 2.45) is 11.8 Å². The van der Waals surface area contributed by atoms with E-state index in [2.05, 4.69) is 20.3 Å². The van der Waals surface area contributed by atoms with Crippen LogP contribution < -0.4 is 15.9 Å². The molecule has 0 spiro atoms. The van der Waals surface area contributed by atoms with Crippen LogP contribution in [0.1, 0.15) is 51.3 Å². The fourth-order valence-electron chi connectivity index (χ4n) is 4.61. The number of ether oxygens (including phenoxy) is 3. The highest BCUT2D eigenvalue weighted by Crippen LogP contribution is 2.45. The molecule has 0 radical (unpaired) electrons. The van der Waals surface area contributed by atoms with Gasteiger partial charge in [-0.15, -0.1) is 0 Å². The third kappa shape index (κ3) is 6.99. The van der Waals surface area contributed by atoms with Crippen molar-refractivity contribution in [1.82, 2.24) is 24.8 Å². The van der Waals surface area contributed by atoms with Gasteiger partial charge in [-0.2, -0.15) is 10.4 Å². The zero-order valence-electron chi connectivity index (χ0n) is 23.8. The van der Waals surface area contributed by atoms with Gasteiger partial charge in [0.1, 0.15) is 54.9 Å². The van der Waals surface area contributed by atoms with Gasteiger partial charge in [0.05, 0.1) is 18.9 Å². The van der Waals surface area contributed by atoms with Gasteiger partial charge in [-0.25, -0.2) is 19.7 Å². The molecule has 6 atom stereocenters. The molecular formula is C26H36N7O9P. The molecular weight excluding hydrogens is 585 g/mol. The van der Waals surface area contributed by atoms with E-state index in [1.165, 1.54) is 24.7 Å². The van der Waals surface area contributed by atoms with Gasteiger partial charge in [0, 0.05) is 0 Å². The van der Waals surface area contributed by atoms with Crippen molar-refractivity contribution in [3.05, 3.63) is 24.2 Å². The lowest BCUT2D eigenvalue weighted by atomic mass is 9.96. The first-order valence-corrected chi connectivity index (χ1v) is 15.7. The molecule has 1 saturated heterocycles. The Balaban J connectivity index is 1.32. The third-order valence-corrected chi connectivity index (χ3v) is 9.60. The highest BCUT2D eigenvalue weighted by molar-refractivity contribution is 7.54. The first kappa shape index (κ1) is 31.3. The highest BCUT2D eigenvalue weighted by Gasteiger charge is 2.57. The van der Waals surface area contributed by atoms with E-state index in [9.17, 15) is 29.6 Å². The summed E-state index contributed by atoms with van der Waals surface area (Å²) in [5.74, 6) is -0.613. The number of fused-ring (bicyclic) bond motifs is 1. The van der Waals surface area contributed by atoms with Crippen LogP contribution in [0.5, 0.6) is 0 Å². The number of aliphatic hydroxyl groups is 2. The van der Waals surface area contributed by atoms with E-state index in [4.69, 9.17) is 24.5 Å². The summed E-state index contributed by atoms with van der Waals surface area (Å²) in [6, 6.07) is 2.68. The lowest BCUT2D eigenvalue weighted by Crippen LogP contribution is -2.48. The molecule has 234 valence electrons. The number of rotatable bonds is 14. The van der Waals surface area contributed by atoms with E-state index >= 15 is 0 Å². The van der Waals surface area contributed by atoms with E-state index in [1.54, 1.807) is 12.1 Å². The Hall–Kier alpha value is -3.16. The van der Waals surface area contributed by atoms with E-state index in [0.717, 1.165) is 25.7 Å². The lowest BCUT2D eigenvalue weighted by Gasteiger charge is -2.30. The number of nitrogens with zero attached hydrogens (tertiary/aromatic N) is 4. The molecule has 5 rings (SSSR count). The molecule has 3 aliphatic rings. The summed E-state index contributed by atoms with van der Waals surface area (Å²) < 4.78 is 37.5. The molecule has 3 heterocycles. The van der Waals surface area contributed by atoms with Crippen molar-refractivity contribution in [2.75, 3.05) is 25.6 Å². The minimum absolute atomic E-state index is 0.164. The van der Waals surface area contributed by atoms with Gasteiger partial charge in [0.25, 0.3) is 0 Å². The highest BCUT2D eigenvalue weighted by atomic mass is 31.2. The summed E-state index contributed by atoms with van der Waals surface area (Å²) in [7, 11) is -4.35. The summed E-state index contributed by atoms with van der Waals surface area (Å²) in [6.07, 6.45) is 0.349. The zero-order chi connectivity index (χ0) is 30.9. The molecule has 0 bridgehead atoms. The van der Waals surface area contributed by atoms with Crippen LogP contribution in [0.4, 0.5) is 5.82 Å². The summed E-state index contributed by atoms with van der Waals surface area (Å²) in [4.78, 5) is 29.1. The second-order valence-corrected chi connectivity index (χ2v) is 13.2. The molecule has 6 N–H and O–H groups in total. The van der Waals surface area contributed by atoms with E-state index in [0.29, 0.717) is 17.4 Å². The Kier molecular flexibility index (Phi) is 9.05. The normalized spacial score (nSPS) is 27.0. The standard InChI is InChI=1S/C26H36N7O9P/c1-14(24(36)39-9-16-3-4-16)31-43(38,32-15(2)25(37)40-10-17-5-6-17)41-12-26(11-27)22(35)20(34)21(42-26)18-7-8-19-23(28)29-13-30-33(18)19/h7-8,13-17,20-22,34-35H,3-6,9-10,12H2,1-2H3,(H2,28,29,30)(H2,31,32,38)/t14-,15-,20-,21-,22-,26+/m0/s1. The minimum Gasteiger partial charge on any atom is -0.464 e. The van der Waals surface area contributed by atoms with E-state index in [-0.39, 0.29) is 24.7 Å². The lowest BCUT2D eigenvalue weighted by molar-refractivity contribution is -0.146. The SMILES string of the molecule is C[C@H](NP(=O)(N[C@@H](C)C(=O)OCC1CC1)OC[C@@]1(C#N)O[C@@H](c2ccc3c(N)ncnn23)[C@H](O)[C@@H]1O)C(=O)OCC1CC1. The number of aliphatic hydroxyl groups excluding tert-OH is 2. The maximum absolute atomic E-state index is 14.1. The number of anilines is 1. The number of hydrogen-bond acceptors (Lipinski definition) is 13. The van der Waals surface area contributed by atoms with Gasteiger partial charge >= 0.3 is 19.6 Å². The predicted molar refractivity (Wildman–Crippen MR) is 148 cm³/mol. The number of aromatic nitrogens is 3. The zero-order valence-corrected chi connectivity index (χ0v) is 24.7. The predicted octanol–water partition coefficient (Wildman–Crippen LogP) is 0.354. The number of hydrogen-bond donors (Lipinski definition) is 5. The second kappa shape index (κ2) is 12.4. The molecule has 1 aliphatic heterocycles. The van der Waals surface area contributed by atoms with Gasteiger partial charge in [-0.3, -0.25) is 14.2 Å². The quantitative estimate of drug-likeness (QED) is 0.141. The molecule has 16 nitrogen and oxygen atoms in total. The molecule has 17 heteroatoms. The average molecular weight is 622 g/mol. The van der Waals surface area contributed by atoms with Crippen molar-refractivity contribution in [3.8, 4) is 6.07 Å². The molecule has 2 aliphatic carbocycles. The van der Waals surface area contributed by atoms with Crippen LogP contribution in [0, 0.1) is 23.2 Å². The van der Waals surface area contributed by atoms with Crippen molar-refractivity contribution in [3.63, 3.8) is 0 Å². The number of nitrogens with one attached hydrogen (secondary N) is 2. The van der Waals surface area contributed by atoms with Gasteiger partial charge in [0.15, 0.2) is 5.82 Å². The first-order chi connectivity index (χ1) is 20.4. The summed E-state index contributed by atoms with van der Waals surface area (Å²) in [5.41, 5.74) is 4.36. The number of carbonyl (C=O) groups is 2. The smallest absolute Gasteiger partial charge is 0.342 e.